The molecule has 1 rings (SSSR count). The molecule has 16 heavy (non-hydrogen) atoms. The fourth-order valence-electron chi connectivity index (χ4n) is 1.13. The molecular formula is C10H16BF4N. The summed E-state index contributed by atoms with van der Waals surface area (Å²) in [6.07, 6.45) is 6.85. The molecule has 1 heterocycles. The molecule has 0 aromatic carbocycles. The van der Waals surface area contributed by atoms with Crippen molar-refractivity contribution in [1.82, 2.24) is 0 Å². The summed E-state index contributed by atoms with van der Waals surface area (Å²) >= 11 is 0. The predicted octanol–water partition coefficient (Wildman–Crippen LogP) is 3.38. The van der Waals surface area contributed by atoms with Gasteiger partial charge in [0, 0.05) is 18.1 Å². The number of pyridine rings is 1. The Morgan fingerprint density at radius 3 is 2.25 bits per heavy atom. The summed E-state index contributed by atoms with van der Waals surface area (Å²) in [7, 11) is -6.00. The van der Waals surface area contributed by atoms with Crippen LogP contribution in [0.15, 0.2) is 24.5 Å². The number of hydrogen-bond donors (Lipinski definition) is 0. The van der Waals surface area contributed by atoms with Gasteiger partial charge in [0.1, 0.15) is 6.54 Å². The van der Waals surface area contributed by atoms with Gasteiger partial charge in [-0.05, 0) is 13.0 Å². The van der Waals surface area contributed by atoms with Gasteiger partial charge < -0.3 is 17.3 Å². The van der Waals surface area contributed by atoms with Gasteiger partial charge in [-0.2, -0.15) is 0 Å². The van der Waals surface area contributed by atoms with Crippen molar-refractivity contribution in [3.63, 3.8) is 0 Å². The lowest BCUT2D eigenvalue weighted by Crippen LogP contribution is -2.32. The van der Waals surface area contributed by atoms with Crippen molar-refractivity contribution >= 4 is 7.25 Å². The molecule has 0 spiro atoms. The maximum atomic E-state index is 9.75. The maximum absolute atomic E-state index is 9.75. The molecule has 0 atom stereocenters. The summed E-state index contributed by atoms with van der Waals surface area (Å²) in [5.74, 6) is 0. The number of aromatic nitrogens is 1. The van der Waals surface area contributed by atoms with Crippen LogP contribution in [0.25, 0.3) is 0 Å². The molecule has 0 saturated heterocycles. The predicted molar refractivity (Wildman–Crippen MR) is 56.5 cm³/mol. The van der Waals surface area contributed by atoms with Gasteiger partial charge in [0.15, 0.2) is 12.4 Å². The van der Waals surface area contributed by atoms with E-state index in [1.165, 1.54) is 18.4 Å². The highest BCUT2D eigenvalue weighted by atomic mass is 19.5. The highest BCUT2D eigenvalue weighted by molar-refractivity contribution is 6.50. The molecule has 1 nitrogen and oxygen atoms in total. The van der Waals surface area contributed by atoms with E-state index in [9.17, 15) is 17.3 Å². The summed E-state index contributed by atoms with van der Waals surface area (Å²) in [6.45, 7) is 5.50. The number of nitrogens with zero attached hydrogens (tertiary/aromatic N) is 1. The molecule has 0 aliphatic rings. The highest BCUT2D eigenvalue weighted by Crippen LogP contribution is 2.06. The minimum Gasteiger partial charge on any atom is -0.418 e. The monoisotopic (exact) mass is 237 g/mol. The van der Waals surface area contributed by atoms with Crippen molar-refractivity contribution in [3.8, 4) is 0 Å². The Morgan fingerprint density at radius 1 is 1.25 bits per heavy atom. The Labute approximate surface area is 93.2 Å². The van der Waals surface area contributed by atoms with Crippen molar-refractivity contribution < 1.29 is 21.8 Å². The molecule has 0 unspecified atom stereocenters. The minimum atomic E-state index is -6.00. The first-order valence-corrected chi connectivity index (χ1v) is 5.16. The van der Waals surface area contributed by atoms with Crippen LogP contribution in [0.3, 0.4) is 0 Å². The third kappa shape index (κ3) is 11.0. The summed E-state index contributed by atoms with van der Waals surface area (Å²) in [4.78, 5) is 0. The van der Waals surface area contributed by atoms with Crippen LogP contribution in [0.4, 0.5) is 17.3 Å². The lowest BCUT2D eigenvalue weighted by atomic mass is 10.3. The first-order valence-electron chi connectivity index (χ1n) is 5.16. The van der Waals surface area contributed by atoms with Gasteiger partial charge in [-0.3, -0.25) is 0 Å². The third-order valence-corrected chi connectivity index (χ3v) is 1.78. The van der Waals surface area contributed by atoms with E-state index in [1.54, 1.807) is 0 Å². The average molecular weight is 237 g/mol. The van der Waals surface area contributed by atoms with E-state index in [0.29, 0.717) is 0 Å². The van der Waals surface area contributed by atoms with Crippen LogP contribution >= 0.6 is 0 Å². The molecule has 0 bridgehead atoms. The molecule has 0 N–H and O–H groups in total. The fourth-order valence-corrected chi connectivity index (χ4v) is 1.13. The first kappa shape index (κ1) is 14.9. The van der Waals surface area contributed by atoms with Gasteiger partial charge in [0.25, 0.3) is 0 Å². The van der Waals surface area contributed by atoms with E-state index in [1.807, 2.05) is 0 Å². The smallest absolute Gasteiger partial charge is 0.418 e. The van der Waals surface area contributed by atoms with E-state index in [-0.39, 0.29) is 0 Å². The minimum absolute atomic E-state index is 1.15. The number of hydrogen-bond acceptors (Lipinski definition) is 0. The second-order valence-electron chi connectivity index (χ2n) is 3.47. The SMILES string of the molecule is CCCC[n+]1cccc(C)c1.F[B-](F)(F)F. The maximum Gasteiger partial charge on any atom is 0.673 e. The molecule has 0 amide bonds. The Bertz CT molecular complexity index is 295. The van der Waals surface area contributed by atoms with Gasteiger partial charge in [-0.25, -0.2) is 4.57 Å². The molecule has 1 aromatic heterocycles. The Morgan fingerprint density at radius 2 is 1.81 bits per heavy atom. The van der Waals surface area contributed by atoms with Crippen LogP contribution in [0, 0.1) is 6.92 Å². The van der Waals surface area contributed by atoms with Crippen molar-refractivity contribution in [2.75, 3.05) is 0 Å². The summed E-state index contributed by atoms with van der Waals surface area (Å²) < 4.78 is 41.2. The molecule has 0 aliphatic heterocycles. The average Bonchev–Trinajstić information content (AvgIpc) is 2.12. The van der Waals surface area contributed by atoms with Gasteiger partial charge in [-0.1, -0.05) is 13.3 Å². The molecule has 92 valence electrons. The Kier molecular flexibility index (Phi) is 6.77. The van der Waals surface area contributed by atoms with Gasteiger partial charge in [0.05, 0.1) is 0 Å². The second-order valence-corrected chi connectivity index (χ2v) is 3.47. The molecule has 1 aromatic rings. The molecule has 0 aliphatic carbocycles. The number of halogens is 4. The standard InChI is InChI=1S/C10H16N.BF4/c1-3-4-7-11-8-5-6-10(2)9-11;2-1(3,4)5/h5-6,8-9H,3-4,7H2,1-2H3;/q+1;-1. The van der Waals surface area contributed by atoms with Crippen LogP contribution in [-0.4, -0.2) is 7.25 Å². The van der Waals surface area contributed by atoms with E-state index in [4.69, 9.17) is 0 Å². The van der Waals surface area contributed by atoms with Crippen LogP contribution < -0.4 is 4.57 Å². The molecule has 0 fully saturated rings. The van der Waals surface area contributed by atoms with E-state index in [2.05, 4.69) is 42.9 Å². The highest BCUT2D eigenvalue weighted by Gasteiger charge is 2.20. The topological polar surface area (TPSA) is 3.88 Å². The number of unbranched alkanes of at least 4 members (excludes halogenated alkanes) is 1. The van der Waals surface area contributed by atoms with Crippen LogP contribution in [0.2, 0.25) is 0 Å². The Hall–Kier alpha value is -1.07. The van der Waals surface area contributed by atoms with E-state index >= 15 is 0 Å². The molecule has 0 radical (unpaired) electrons. The van der Waals surface area contributed by atoms with Gasteiger partial charge in [0.2, 0.25) is 0 Å². The van der Waals surface area contributed by atoms with Crippen LogP contribution in [-0.2, 0) is 6.54 Å². The third-order valence-electron chi connectivity index (χ3n) is 1.78. The normalized spacial score (nSPS) is 10.6. The Balaban J connectivity index is 0.000000385. The van der Waals surface area contributed by atoms with Crippen LogP contribution in [0.1, 0.15) is 25.3 Å². The lowest BCUT2D eigenvalue weighted by molar-refractivity contribution is -0.697. The van der Waals surface area contributed by atoms with Crippen molar-refractivity contribution in [3.05, 3.63) is 30.1 Å². The summed E-state index contributed by atoms with van der Waals surface area (Å²) in [5.41, 5.74) is 1.34. The summed E-state index contributed by atoms with van der Waals surface area (Å²) in [6, 6.07) is 4.23. The largest absolute Gasteiger partial charge is 0.673 e. The molecule has 0 saturated carbocycles. The fraction of sp³-hybridized carbons (Fsp3) is 0.500. The zero-order valence-electron chi connectivity index (χ0n) is 9.47. The van der Waals surface area contributed by atoms with E-state index in [0.717, 1.165) is 6.54 Å². The number of rotatable bonds is 3. The van der Waals surface area contributed by atoms with E-state index < -0.39 is 7.25 Å². The van der Waals surface area contributed by atoms with Crippen molar-refractivity contribution in [1.29, 1.82) is 0 Å². The lowest BCUT2D eigenvalue weighted by Gasteiger charge is -1.94. The molecular weight excluding hydrogens is 221 g/mol. The zero-order chi connectivity index (χ0) is 12.6. The van der Waals surface area contributed by atoms with Gasteiger partial charge >= 0.3 is 7.25 Å². The quantitative estimate of drug-likeness (QED) is 0.431. The van der Waals surface area contributed by atoms with Gasteiger partial charge in [-0.15, -0.1) is 0 Å². The van der Waals surface area contributed by atoms with Crippen molar-refractivity contribution in [2.24, 2.45) is 0 Å². The van der Waals surface area contributed by atoms with Crippen LogP contribution in [0.5, 0.6) is 0 Å². The van der Waals surface area contributed by atoms with Crippen molar-refractivity contribution in [2.45, 2.75) is 33.2 Å². The summed E-state index contributed by atoms with van der Waals surface area (Å²) in [5, 5.41) is 0. The molecule has 6 heteroatoms. The number of aryl methyl sites for hydroxylation is 2. The second kappa shape index (κ2) is 7.25. The first-order chi connectivity index (χ1) is 7.33. The zero-order valence-corrected chi connectivity index (χ0v) is 9.47.